The van der Waals surface area contributed by atoms with Crippen LogP contribution in [-0.2, 0) is 6.54 Å². The maximum atomic E-state index is 8.71. The van der Waals surface area contributed by atoms with E-state index in [9.17, 15) is 0 Å². The van der Waals surface area contributed by atoms with Gasteiger partial charge in [0.05, 0.1) is 11.6 Å². The Bertz CT molecular complexity index is 362. The van der Waals surface area contributed by atoms with Gasteiger partial charge in [0.25, 0.3) is 0 Å². The number of nitrogens with one attached hydrogen (secondary N) is 1. The van der Waals surface area contributed by atoms with Crippen molar-refractivity contribution in [3.05, 3.63) is 35.4 Å². The molecule has 2 atom stereocenters. The van der Waals surface area contributed by atoms with E-state index < -0.39 is 0 Å². The Hall–Kier alpha value is -1.33. The second kappa shape index (κ2) is 7.09. The lowest BCUT2D eigenvalue weighted by Crippen LogP contribution is -2.27. The Morgan fingerprint density at radius 2 is 1.88 bits per heavy atom. The van der Waals surface area contributed by atoms with E-state index in [1.165, 1.54) is 18.4 Å². The van der Waals surface area contributed by atoms with Crippen LogP contribution in [-0.4, -0.2) is 6.04 Å². The van der Waals surface area contributed by atoms with Gasteiger partial charge in [0.2, 0.25) is 0 Å². The lowest BCUT2D eigenvalue weighted by molar-refractivity contribution is 0.412. The molecule has 0 saturated carbocycles. The smallest absolute Gasteiger partial charge is 0.0991 e. The zero-order valence-electron chi connectivity index (χ0n) is 11.0. The Balaban J connectivity index is 2.37. The Morgan fingerprint density at radius 1 is 1.24 bits per heavy atom. The van der Waals surface area contributed by atoms with E-state index in [1.54, 1.807) is 0 Å². The van der Waals surface area contributed by atoms with Gasteiger partial charge in [-0.1, -0.05) is 32.4 Å². The summed E-state index contributed by atoms with van der Waals surface area (Å²) in [5.74, 6) is 0.776. The van der Waals surface area contributed by atoms with Crippen LogP contribution in [0.15, 0.2) is 24.3 Å². The number of nitriles is 1. The number of hydrogen-bond acceptors (Lipinski definition) is 2. The molecule has 2 unspecified atom stereocenters. The molecule has 0 amide bonds. The van der Waals surface area contributed by atoms with Gasteiger partial charge in [-0.2, -0.15) is 5.26 Å². The highest BCUT2D eigenvalue weighted by molar-refractivity contribution is 5.31. The van der Waals surface area contributed by atoms with Crippen LogP contribution in [0.1, 0.15) is 44.7 Å². The van der Waals surface area contributed by atoms with Crippen molar-refractivity contribution in [3.8, 4) is 6.07 Å². The van der Waals surface area contributed by atoms with E-state index in [1.807, 2.05) is 24.3 Å². The highest BCUT2D eigenvalue weighted by Gasteiger charge is 2.06. The van der Waals surface area contributed by atoms with Crippen molar-refractivity contribution >= 4 is 0 Å². The summed E-state index contributed by atoms with van der Waals surface area (Å²) in [5.41, 5.74) is 1.96. The molecule has 1 rings (SSSR count). The molecular formula is C15H22N2. The summed E-state index contributed by atoms with van der Waals surface area (Å²) in [5, 5.41) is 12.2. The predicted octanol–water partition coefficient (Wildman–Crippen LogP) is 3.47. The van der Waals surface area contributed by atoms with E-state index in [4.69, 9.17) is 5.26 Å². The molecule has 92 valence electrons. The molecule has 1 N–H and O–H groups in total. The molecule has 0 aliphatic carbocycles. The van der Waals surface area contributed by atoms with E-state index in [2.05, 4.69) is 32.2 Å². The van der Waals surface area contributed by atoms with Gasteiger partial charge in [0.1, 0.15) is 0 Å². The molecule has 0 aromatic heterocycles. The minimum absolute atomic E-state index is 0.542. The first-order chi connectivity index (χ1) is 8.15. The van der Waals surface area contributed by atoms with Crippen LogP contribution in [0.4, 0.5) is 0 Å². The first kappa shape index (κ1) is 13.7. The molecule has 0 fully saturated rings. The summed E-state index contributed by atoms with van der Waals surface area (Å²) in [7, 11) is 0. The van der Waals surface area contributed by atoms with Crippen LogP contribution < -0.4 is 5.32 Å². The molecule has 0 spiro atoms. The Kier molecular flexibility index (Phi) is 5.72. The summed E-state index contributed by atoms with van der Waals surface area (Å²) in [6, 6.07) is 10.4. The van der Waals surface area contributed by atoms with Crippen LogP contribution in [0, 0.1) is 17.2 Å². The van der Waals surface area contributed by atoms with Crippen molar-refractivity contribution in [3.63, 3.8) is 0 Å². The van der Waals surface area contributed by atoms with Gasteiger partial charge < -0.3 is 5.32 Å². The lowest BCUT2D eigenvalue weighted by Gasteiger charge is -2.17. The quantitative estimate of drug-likeness (QED) is 0.812. The molecule has 1 aromatic rings. The molecule has 0 radical (unpaired) electrons. The molecule has 2 nitrogen and oxygen atoms in total. The van der Waals surface area contributed by atoms with Crippen molar-refractivity contribution in [2.75, 3.05) is 0 Å². The van der Waals surface area contributed by atoms with Gasteiger partial charge in [-0.25, -0.2) is 0 Å². The third-order valence-electron chi connectivity index (χ3n) is 3.19. The summed E-state index contributed by atoms with van der Waals surface area (Å²) in [6.45, 7) is 7.64. The molecule has 2 heteroatoms. The maximum Gasteiger partial charge on any atom is 0.0991 e. The fraction of sp³-hybridized carbons (Fsp3) is 0.533. The van der Waals surface area contributed by atoms with Crippen LogP contribution in [0.3, 0.4) is 0 Å². The zero-order chi connectivity index (χ0) is 12.7. The van der Waals surface area contributed by atoms with Crippen molar-refractivity contribution < 1.29 is 0 Å². The normalized spacial score (nSPS) is 14.0. The Morgan fingerprint density at radius 3 is 2.41 bits per heavy atom. The minimum atomic E-state index is 0.542. The SMILES string of the molecule is CCC(C)CC(C)NCc1ccc(C#N)cc1. The standard InChI is InChI=1S/C15H22N2/c1-4-12(2)9-13(3)17-11-15-7-5-14(10-16)6-8-15/h5-8,12-13,17H,4,9,11H2,1-3H3. The molecule has 0 bridgehead atoms. The van der Waals surface area contributed by atoms with Crippen LogP contribution >= 0.6 is 0 Å². The Labute approximate surface area is 105 Å². The van der Waals surface area contributed by atoms with Crippen molar-refractivity contribution in [1.82, 2.24) is 5.32 Å². The van der Waals surface area contributed by atoms with Crippen LogP contribution in [0.5, 0.6) is 0 Å². The third kappa shape index (κ3) is 5.01. The van der Waals surface area contributed by atoms with E-state index in [0.717, 1.165) is 18.0 Å². The monoisotopic (exact) mass is 230 g/mol. The number of rotatable bonds is 6. The third-order valence-corrected chi connectivity index (χ3v) is 3.19. The van der Waals surface area contributed by atoms with Crippen LogP contribution in [0.2, 0.25) is 0 Å². The van der Waals surface area contributed by atoms with Gasteiger partial charge in [-0.05, 0) is 37.0 Å². The highest BCUT2D eigenvalue weighted by Crippen LogP contribution is 2.10. The van der Waals surface area contributed by atoms with Gasteiger partial charge >= 0.3 is 0 Å². The summed E-state index contributed by atoms with van der Waals surface area (Å²) >= 11 is 0. The van der Waals surface area contributed by atoms with Gasteiger partial charge in [0, 0.05) is 12.6 Å². The second-order valence-electron chi connectivity index (χ2n) is 4.84. The number of nitrogens with zero attached hydrogens (tertiary/aromatic N) is 1. The van der Waals surface area contributed by atoms with Gasteiger partial charge in [-0.15, -0.1) is 0 Å². The van der Waals surface area contributed by atoms with Crippen molar-refractivity contribution in [2.24, 2.45) is 5.92 Å². The molecule has 17 heavy (non-hydrogen) atoms. The average Bonchev–Trinajstić information content (AvgIpc) is 2.36. The van der Waals surface area contributed by atoms with Crippen molar-refractivity contribution in [1.29, 1.82) is 5.26 Å². The fourth-order valence-electron chi connectivity index (χ4n) is 1.84. The van der Waals surface area contributed by atoms with Crippen LogP contribution in [0.25, 0.3) is 0 Å². The fourth-order valence-corrected chi connectivity index (χ4v) is 1.84. The minimum Gasteiger partial charge on any atom is -0.310 e. The first-order valence-electron chi connectivity index (χ1n) is 6.38. The molecule has 1 aromatic carbocycles. The number of benzene rings is 1. The molecule has 0 heterocycles. The largest absolute Gasteiger partial charge is 0.310 e. The molecule has 0 saturated heterocycles. The summed E-state index contributed by atoms with van der Waals surface area (Å²) in [4.78, 5) is 0. The highest BCUT2D eigenvalue weighted by atomic mass is 14.9. The lowest BCUT2D eigenvalue weighted by atomic mass is 10.0. The molecule has 0 aliphatic rings. The van der Waals surface area contributed by atoms with E-state index >= 15 is 0 Å². The average molecular weight is 230 g/mol. The number of hydrogen-bond donors (Lipinski definition) is 1. The summed E-state index contributed by atoms with van der Waals surface area (Å²) in [6.07, 6.45) is 2.45. The maximum absolute atomic E-state index is 8.71. The zero-order valence-corrected chi connectivity index (χ0v) is 11.0. The molecular weight excluding hydrogens is 208 g/mol. The van der Waals surface area contributed by atoms with E-state index in [-0.39, 0.29) is 0 Å². The second-order valence-corrected chi connectivity index (χ2v) is 4.84. The van der Waals surface area contributed by atoms with E-state index in [0.29, 0.717) is 6.04 Å². The van der Waals surface area contributed by atoms with Crippen molar-refractivity contribution in [2.45, 2.75) is 46.2 Å². The molecule has 0 aliphatic heterocycles. The predicted molar refractivity (Wildman–Crippen MR) is 71.5 cm³/mol. The van der Waals surface area contributed by atoms with Gasteiger partial charge in [-0.3, -0.25) is 0 Å². The topological polar surface area (TPSA) is 35.8 Å². The van der Waals surface area contributed by atoms with Gasteiger partial charge in [0.15, 0.2) is 0 Å². The first-order valence-corrected chi connectivity index (χ1v) is 6.38. The summed E-state index contributed by atoms with van der Waals surface area (Å²) < 4.78 is 0.